The molecule has 0 saturated carbocycles. The van der Waals surface area contributed by atoms with Crippen LogP contribution in [0.3, 0.4) is 0 Å². The average molecular weight is 287 g/mol. The maximum absolute atomic E-state index is 11.9. The van der Waals surface area contributed by atoms with Crippen molar-refractivity contribution in [3.05, 3.63) is 60.1 Å². The van der Waals surface area contributed by atoms with Gasteiger partial charge in [0.15, 0.2) is 0 Å². The molecule has 0 radical (unpaired) electrons. The van der Waals surface area contributed by atoms with Crippen LogP contribution in [0.2, 0.25) is 0 Å². The van der Waals surface area contributed by atoms with E-state index in [2.05, 4.69) is 10.6 Å². The van der Waals surface area contributed by atoms with Gasteiger partial charge in [-0.05, 0) is 17.7 Å². The maximum Gasteiger partial charge on any atom is 0.240 e. The van der Waals surface area contributed by atoms with Crippen LogP contribution < -0.4 is 16.4 Å². The molecule has 1 aromatic carbocycles. The lowest BCUT2D eigenvalue weighted by atomic mass is 10.0. The Bertz CT molecular complexity index is 581. The number of nitrogens with two attached hydrogens (primary N) is 1. The van der Waals surface area contributed by atoms with Crippen LogP contribution in [0.5, 0.6) is 0 Å². The maximum atomic E-state index is 11.9. The quantitative estimate of drug-likeness (QED) is 0.723. The van der Waals surface area contributed by atoms with Crippen molar-refractivity contribution in [3.63, 3.8) is 0 Å². The van der Waals surface area contributed by atoms with Gasteiger partial charge in [0.2, 0.25) is 11.8 Å². The topological polar surface area (TPSA) is 97.4 Å². The number of hydrogen-bond donors (Lipinski definition) is 3. The Kier molecular flexibility index (Phi) is 5.11. The van der Waals surface area contributed by atoms with E-state index >= 15 is 0 Å². The van der Waals surface area contributed by atoms with Gasteiger partial charge in [0.25, 0.3) is 0 Å². The number of carbonyl (C=O) groups is 2. The largest absolute Gasteiger partial charge is 0.467 e. The molecule has 110 valence electrons. The van der Waals surface area contributed by atoms with Gasteiger partial charge in [-0.1, -0.05) is 30.3 Å². The van der Waals surface area contributed by atoms with Crippen molar-refractivity contribution in [3.8, 4) is 0 Å². The van der Waals surface area contributed by atoms with Crippen molar-refractivity contribution in [1.29, 1.82) is 0 Å². The van der Waals surface area contributed by atoms with Crippen LogP contribution in [0.1, 0.15) is 17.4 Å². The summed E-state index contributed by atoms with van der Waals surface area (Å²) in [5.41, 5.74) is 6.06. The molecule has 1 unspecified atom stereocenters. The minimum atomic E-state index is -0.400. The molecule has 6 heteroatoms. The van der Waals surface area contributed by atoms with Gasteiger partial charge < -0.3 is 20.8 Å². The minimum absolute atomic E-state index is 0.125. The normalized spacial score (nSPS) is 11.7. The fraction of sp³-hybridized carbons (Fsp3) is 0.200. The molecule has 0 saturated heterocycles. The van der Waals surface area contributed by atoms with E-state index in [0.717, 1.165) is 5.56 Å². The number of benzene rings is 1. The predicted molar refractivity (Wildman–Crippen MR) is 77.2 cm³/mol. The summed E-state index contributed by atoms with van der Waals surface area (Å²) in [7, 11) is 0. The molecule has 6 nitrogen and oxygen atoms in total. The van der Waals surface area contributed by atoms with Crippen LogP contribution in [-0.4, -0.2) is 24.9 Å². The first-order valence-electron chi connectivity index (χ1n) is 6.55. The molecule has 2 aromatic rings. The highest BCUT2D eigenvalue weighted by Crippen LogP contribution is 2.21. The second-order valence-corrected chi connectivity index (χ2v) is 4.41. The van der Waals surface area contributed by atoms with E-state index in [9.17, 15) is 9.59 Å². The van der Waals surface area contributed by atoms with E-state index in [1.54, 1.807) is 18.4 Å². The molecule has 2 rings (SSSR count). The zero-order valence-electron chi connectivity index (χ0n) is 11.4. The standard InChI is InChI=1S/C15H17N3O3/c16-9-13(19)17-10-14(20)18-15(12-7-4-8-21-12)11-5-2-1-3-6-11/h1-8,15H,9-10,16H2,(H,17,19)(H,18,20). The fourth-order valence-corrected chi connectivity index (χ4v) is 1.88. The summed E-state index contributed by atoms with van der Waals surface area (Å²) in [6.45, 7) is -0.270. The molecule has 1 atom stereocenters. The van der Waals surface area contributed by atoms with Crippen molar-refractivity contribution in [1.82, 2.24) is 10.6 Å². The summed E-state index contributed by atoms with van der Waals surface area (Å²) in [5.74, 6) is -0.0684. The second-order valence-electron chi connectivity index (χ2n) is 4.41. The monoisotopic (exact) mass is 287 g/mol. The summed E-state index contributed by atoms with van der Waals surface area (Å²) < 4.78 is 5.38. The average Bonchev–Trinajstić information content (AvgIpc) is 3.05. The minimum Gasteiger partial charge on any atom is -0.467 e. The number of nitrogens with one attached hydrogen (secondary N) is 2. The van der Waals surface area contributed by atoms with Gasteiger partial charge in [0.05, 0.1) is 19.4 Å². The van der Waals surface area contributed by atoms with Crippen molar-refractivity contribution >= 4 is 11.8 Å². The predicted octanol–water partition coefficient (Wildman–Crippen LogP) is 0.560. The van der Waals surface area contributed by atoms with Gasteiger partial charge in [-0.2, -0.15) is 0 Å². The summed E-state index contributed by atoms with van der Waals surface area (Å²) >= 11 is 0. The Morgan fingerprint density at radius 1 is 1.10 bits per heavy atom. The van der Waals surface area contributed by atoms with Crippen LogP contribution in [0.15, 0.2) is 53.1 Å². The van der Waals surface area contributed by atoms with Gasteiger partial charge in [0, 0.05) is 0 Å². The van der Waals surface area contributed by atoms with Gasteiger partial charge in [-0.3, -0.25) is 9.59 Å². The van der Waals surface area contributed by atoms with Crippen LogP contribution in [0, 0.1) is 0 Å². The van der Waals surface area contributed by atoms with Crippen molar-refractivity contribution in [2.75, 3.05) is 13.1 Å². The molecule has 0 bridgehead atoms. The van der Waals surface area contributed by atoms with Crippen molar-refractivity contribution in [2.24, 2.45) is 5.73 Å². The Morgan fingerprint density at radius 2 is 1.86 bits per heavy atom. The smallest absolute Gasteiger partial charge is 0.240 e. The molecule has 21 heavy (non-hydrogen) atoms. The summed E-state index contributed by atoms with van der Waals surface area (Å²) in [6.07, 6.45) is 1.55. The number of hydrogen-bond acceptors (Lipinski definition) is 4. The Labute approximate surface area is 122 Å². The molecule has 4 N–H and O–H groups in total. The lowest BCUT2D eigenvalue weighted by Crippen LogP contribution is -2.40. The Hall–Kier alpha value is -2.60. The molecule has 0 aliphatic rings. The van der Waals surface area contributed by atoms with E-state index in [1.807, 2.05) is 30.3 Å². The number of furan rings is 1. The third kappa shape index (κ3) is 4.19. The molecule has 2 amide bonds. The Balaban J connectivity index is 2.07. The van der Waals surface area contributed by atoms with Gasteiger partial charge in [-0.25, -0.2) is 0 Å². The van der Waals surface area contributed by atoms with Crippen LogP contribution in [0.4, 0.5) is 0 Å². The lowest BCUT2D eigenvalue weighted by Gasteiger charge is -2.17. The van der Waals surface area contributed by atoms with E-state index in [1.165, 1.54) is 0 Å². The van der Waals surface area contributed by atoms with E-state index in [4.69, 9.17) is 10.2 Å². The van der Waals surface area contributed by atoms with E-state index in [-0.39, 0.29) is 24.9 Å². The zero-order valence-corrected chi connectivity index (χ0v) is 11.4. The molecule has 0 aliphatic heterocycles. The first kappa shape index (κ1) is 14.8. The van der Waals surface area contributed by atoms with Crippen LogP contribution >= 0.6 is 0 Å². The molecule has 0 spiro atoms. The van der Waals surface area contributed by atoms with E-state index < -0.39 is 6.04 Å². The zero-order chi connectivity index (χ0) is 15.1. The lowest BCUT2D eigenvalue weighted by molar-refractivity contribution is -0.125. The highest BCUT2D eigenvalue weighted by atomic mass is 16.3. The van der Waals surface area contributed by atoms with Gasteiger partial charge >= 0.3 is 0 Å². The number of amides is 2. The molecule has 1 aromatic heterocycles. The summed E-state index contributed by atoms with van der Waals surface area (Å²) in [5, 5.41) is 5.25. The molecule has 0 fully saturated rings. The highest BCUT2D eigenvalue weighted by Gasteiger charge is 2.19. The van der Waals surface area contributed by atoms with E-state index in [0.29, 0.717) is 5.76 Å². The van der Waals surface area contributed by atoms with Crippen molar-refractivity contribution < 1.29 is 14.0 Å². The van der Waals surface area contributed by atoms with Crippen LogP contribution in [-0.2, 0) is 9.59 Å². The first-order chi connectivity index (χ1) is 10.2. The van der Waals surface area contributed by atoms with Crippen LogP contribution in [0.25, 0.3) is 0 Å². The highest BCUT2D eigenvalue weighted by molar-refractivity contribution is 5.85. The second kappa shape index (κ2) is 7.25. The van der Waals surface area contributed by atoms with Gasteiger partial charge in [0.1, 0.15) is 11.8 Å². The summed E-state index contributed by atoms with van der Waals surface area (Å²) in [4.78, 5) is 23.0. The molecule has 0 aliphatic carbocycles. The fourth-order valence-electron chi connectivity index (χ4n) is 1.88. The third-order valence-electron chi connectivity index (χ3n) is 2.90. The Morgan fingerprint density at radius 3 is 2.48 bits per heavy atom. The first-order valence-corrected chi connectivity index (χ1v) is 6.55. The SMILES string of the molecule is NCC(=O)NCC(=O)NC(c1ccccc1)c1ccco1. The molecular formula is C15H17N3O3. The molecule has 1 heterocycles. The third-order valence-corrected chi connectivity index (χ3v) is 2.90. The summed E-state index contributed by atoms with van der Waals surface area (Å²) in [6, 6.07) is 12.6. The molecular weight excluding hydrogens is 270 g/mol. The van der Waals surface area contributed by atoms with Crippen molar-refractivity contribution in [2.45, 2.75) is 6.04 Å². The number of rotatable bonds is 6. The number of carbonyl (C=O) groups excluding carboxylic acids is 2. The van der Waals surface area contributed by atoms with Gasteiger partial charge in [-0.15, -0.1) is 0 Å².